The van der Waals surface area contributed by atoms with Gasteiger partial charge in [0.15, 0.2) is 0 Å². The van der Waals surface area contributed by atoms with E-state index in [0.29, 0.717) is 19.8 Å². The van der Waals surface area contributed by atoms with E-state index in [2.05, 4.69) is 106 Å². The van der Waals surface area contributed by atoms with Crippen LogP contribution in [0.4, 0.5) is 0 Å². The molecule has 3 atom stereocenters. The van der Waals surface area contributed by atoms with Crippen LogP contribution < -0.4 is 10.4 Å². The van der Waals surface area contributed by atoms with E-state index in [4.69, 9.17) is 18.6 Å². The lowest BCUT2D eigenvalue weighted by Gasteiger charge is -2.43. The fourth-order valence-electron chi connectivity index (χ4n) is 5.60. The molecule has 4 nitrogen and oxygen atoms in total. The SMILES string of the molecule is COC(CO[C@H]1CCC[C@@H](OCc2ccccc2)C1)CO[Si](c1ccccc1)(c1ccccc1)C(C)(C)C. The van der Waals surface area contributed by atoms with E-state index in [1.807, 2.05) is 6.07 Å². The standard InChI is InChI=1S/C33H44O4Si/c1-33(2,3)38(31-19-10-6-11-20-31,32-21-12-7-13-22-32)37-26-30(34-4)25-36-29-18-14-17-28(23-29)35-24-27-15-8-5-9-16-27/h5-13,15-16,19-22,28-30H,14,17-18,23-26H2,1-4H3/t28-,29+,30?/m1/s1. The zero-order valence-corrected chi connectivity index (χ0v) is 24.5. The van der Waals surface area contributed by atoms with E-state index in [1.54, 1.807) is 7.11 Å². The molecular formula is C33H44O4Si. The van der Waals surface area contributed by atoms with Crippen LogP contribution >= 0.6 is 0 Å². The third kappa shape index (κ3) is 7.22. The Morgan fingerprint density at radius 1 is 0.737 bits per heavy atom. The van der Waals surface area contributed by atoms with Gasteiger partial charge < -0.3 is 18.6 Å². The van der Waals surface area contributed by atoms with E-state index >= 15 is 0 Å². The summed E-state index contributed by atoms with van der Waals surface area (Å²) in [6.45, 7) is 8.57. The summed E-state index contributed by atoms with van der Waals surface area (Å²) in [7, 11) is -0.847. The molecule has 1 unspecified atom stereocenters. The van der Waals surface area contributed by atoms with Gasteiger partial charge >= 0.3 is 0 Å². The van der Waals surface area contributed by atoms with E-state index in [0.717, 1.165) is 25.7 Å². The molecular weight excluding hydrogens is 488 g/mol. The van der Waals surface area contributed by atoms with Gasteiger partial charge in [0.25, 0.3) is 8.32 Å². The highest BCUT2D eigenvalue weighted by Crippen LogP contribution is 2.37. The average molecular weight is 533 g/mol. The van der Waals surface area contributed by atoms with Crippen LogP contribution in [0.3, 0.4) is 0 Å². The van der Waals surface area contributed by atoms with Gasteiger partial charge in [-0.2, -0.15) is 0 Å². The number of hydrogen-bond acceptors (Lipinski definition) is 4. The summed E-state index contributed by atoms with van der Waals surface area (Å²) in [5, 5.41) is 2.49. The highest BCUT2D eigenvalue weighted by molar-refractivity contribution is 6.99. The summed E-state index contributed by atoms with van der Waals surface area (Å²) >= 11 is 0. The molecule has 0 N–H and O–H groups in total. The largest absolute Gasteiger partial charge is 0.405 e. The summed E-state index contributed by atoms with van der Waals surface area (Å²) in [6, 6.07) is 31.9. The summed E-state index contributed by atoms with van der Waals surface area (Å²) in [5.41, 5.74) is 1.22. The van der Waals surface area contributed by atoms with E-state index in [9.17, 15) is 0 Å². The third-order valence-electron chi connectivity index (χ3n) is 7.66. The van der Waals surface area contributed by atoms with Crippen molar-refractivity contribution in [1.29, 1.82) is 0 Å². The lowest BCUT2D eigenvalue weighted by Crippen LogP contribution is -2.67. The van der Waals surface area contributed by atoms with Crippen LogP contribution in [-0.4, -0.2) is 47.0 Å². The van der Waals surface area contributed by atoms with Crippen molar-refractivity contribution >= 4 is 18.7 Å². The lowest BCUT2D eigenvalue weighted by molar-refractivity contribution is -0.0826. The zero-order valence-electron chi connectivity index (χ0n) is 23.5. The topological polar surface area (TPSA) is 36.9 Å². The van der Waals surface area contributed by atoms with Gasteiger partial charge in [0, 0.05) is 7.11 Å². The van der Waals surface area contributed by atoms with Crippen LogP contribution in [0.15, 0.2) is 91.0 Å². The summed E-state index contributed by atoms with van der Waals surface area (Å²) in [4.78, 5) is 0. The molecule has 1 aliphatic rings. The van der Waals surface area contributed by atoms with Crippen molar-refractivity contribution in [3.63, 3.8) is 0 Å². The lowest BCUT2D eigenvalue weighted by atomic mass is 9.95. The Bertz CT molecular complexity index is 1030. The molecule has 1 saturated carbocycles. The molecule has 0 spiro atoms. The van der Waals surface area contributed by atoms with Gasteiger partial charge in [0.2, 0.25) is 0 Å². The minimum absolute atomic E-state index is 0.0679. The number of hydrogen-bond donors (Lipinski definition) is 0. The van der Waals surface area contributed by atoms with E-state index in [-0.39, 0.29) is 23.4 Å². The Labute approximate surface area is 230 Å². The van der Waals surface area contributed by atoms with Gasteiger partial charge in [-0.3, -0.25) is 0 Å². The predicted molar refractivity (Wildman–Crippen MR) is 158 cm³/mol. The molecule has 0 radical (unpaired) electrons. The van der Waals surface area contributed by atoms with Crippen molar-refractivity contribution in [2.45, 2.75) is 76.4 Å². The quantitative estimate of drug-likeness (QED) is 0.263. The van der Waals surface area contributed by atoms with Crippen molar-refractivity contribution in [2.75, 3.05) is 20.3 Å². The van der Waals surface area contributed by atoms with Crippen LogP contribution in [0.5, 0.6) is 0 Å². The van der Waals surface area contributed by atoms with Gasteiger partial charge in [0.05, 0.1) is 32.0 Å². The molecule has 3 aromatic rings. The highest BCUT2D eigenvalue weighted by Gasteiger charge is 2.50. The Morgan fingerprint density at radius 2 is 1.26 bits per heavy atom. The first-order valence-electron chi connectivity index (χ1n) is 14.0. The Hall–Kier alpha value is -2.28. The maximum absolute atomic E-state index is 7.08. The second-order valence-corrected chi connectivity index (χ2v) is 15.7. The number of ether oxygens (including phenoxy) is 3. The summed E-state index contributed by atoms with van der Waals surface area (Å²) < 4.78 is 25.6. The van der Waals surface area contributed by atoms with Crippen molar-refractivity contribution in [1.82, 2.24) is 0 Å². The molecule has 1 aliphatic carbocycles. The normalized spacial score (nSPS) is 19.3. The molecule has 5 heteroatoms. The molecule has 3 aromatic carbocycles. The molecule has 0 amide bonds. The molecule has 4 rings (SSSR count). The molecule has 0 heterocycles. The second-order valence-electron chi connectivity index (χ2n) is 11.4. The number of methoxy groups -OCH3 is 1. The fourth-order valence-corrected chi connectivity index (χ4v) is 10.2. The molecule has 0 aliphatic heterocycles. The minimum Gasteiger partial charge on any atom is -0.405 e. The van der Waals surface area contributed by atoms with Crippen LogP contribution in [0.2, 0.25) is 5.04 Å². The van der Waals surface area contributed by atoms with Crippen molar-refractivity contribution in [3.05, 3.63) is 96.6 Å². The second kappa shape index (κ2) is 13.7. The first kappa shape index (κ1) is 28.7. The molecule has 0 saturated heterocycles. The average Bonchev–Trinajstić information content (AvgIpc) is 2.95. The Kier molecular flexibility index (Phi) is 10.3. The van der Waals surface area contributed by atoms with Gasteiger partial charge in [0.1, 0.15) is 6.10 Å². The Morgan fingerprint density at radius 3 is 1.79 bits per heavy atom. The number of rotatable bonds is 12. The summed E-state index contributed by atoms with van der Waals surface area (Å²) in [6.07, 6.45) is 4.51. The fraction of sp³-hybridized carbons (Fsp3) is 0.455. The maximum Gasteiger partial charge on any atom is 0.261 e. The van der Waals surface area contributed by atoms with Crippen LogP contribution in [0.25, 0.3) is 0 Å². The molecule has 204 valence electrons. The zero-order chi connectivity index (χ0) is 26.8. The van der Waals surface area contributed by atoms with E-state index in [1.165, 1.54) is 15.9 Å². The monoisotopic (exact) mass is 532 g/mol. The minimum atomic E-state index is -2.61. The first-order valence-corrected chi connectivity index (χ1v) is 15.9. The van der Waals surface area contributed by atoms with Crippen LogP contribution in [0, 0.1) is 0 Å². The predicted octanol–water partition coefficient (Wildman–Crippen LogP) is 6.12. The third-order valence-corrected chi connectivity index (χ3v) is 12.7. The number of benzene rings is 3. The van der Waals surface area contributed by atoms with Gasteiger partial charge in [-0.25, -0.2) is 0 Å². The van der Waals surface area contributed by atoms with E-state index < -0.39 is 8.32 Å². The van der Waals surface area contributed by atoms with Crippen molar-refractivity contribution in [3.8, 4) is 0 Å². The van der Waals surface area contributed by atoms with Crippen molar-refractivity contribution < 1.29 is 18.6 Å². The highest BCUT2D eigenvalue weighted by atomic mass is 28.4. The maximum atomic E-state index is 7.08. The summed E-state index contributed by atoms with van der Waals surface area (Å²) in [5.74, 6) is 0. The van der Waals surface area contributed by atoms with Crippen LogP contribution in [-0.2, 0) is 25.2 Å². The smallest absolute Gasteiger partial charge is 0.261 e. The van der Waals surface area contributed by atoms with Gasteiger partial charge in [-0.15, -0.1) is 0 Å². The molecule has 0 bridgehead atoms. The molecule has 0 aromatic heterocycles. The Balaban J connectivity index is 1.39. The van der Waals surface area contributed by atoms with Crippen molar-refractivity contribution in [2.24, 2.45) is 0 Å². The van der Waals surface area contributed by atoms with Crippen LogP contribution in [0.1, 0.15) is 52.0 Å². The molecule has 1 fully saturated rings. The van der Waals surface area contributed by atoms with Gasteiger partial charge in [-0.05, 0) is 46.7 Å². The molecule has 38 heavy (non-hydrogen) atoms. The first-order chi connectivity index (χ1) is 18.4. The van der Waals surface area contributed by atoms with Gasteiger partial charge in [-0.1, -0.05) is 112 Å².